The normalized spacial score (nSPS) is 19.6. The molecule has 19 heavy (non-hydrogen) atoms. The van der Waals surface area contributed by atoms with E-state index < -0.39 is 5.82 Å². The molecule has 1 fully saturated rings. The summed E-state index contributed by atoms with van der Waals surface area (Å²) < 4.78 is 19.2. The molecule has 0 bridgehead atoms. The van der Waals surface area contributed by atoms with Crippen molar-refractivity contribution in [3.63, 3.8) is 0 Å². The molecule has 0 aromatic heterocycles. The highest BCUT2D eigenvalue weighted by Crippen LogP contribution is 2.37. The Hall–Kier alpha value is -0.680. The largest absolute Gasteiger partial charge is 0.377 e. The topological polar surface area (TPSA) is 47.3 Å². The van der Waals surface area contributed by atoms with Gasteiger partial charge in [-0.25, -0.2) is 4.39 Å². The highest BCUT2D eigenvalue weighted by molar-refractivity contribution is 6.31. The molecule has 0 amide bonds. The molecule has 1 aromatic carbocycles. The first-order valence-electron chi connectivity index (χ1n) is 6.57. The number of methoxy groups -OCH3 is 1. The number of hydrogen-bond acceptors (Lipinski definition) is 3. The van der Waals surface area contributed by atoms with Crippen LogP contribution in [-0.2, 0) is 11.2 Å². The minimum Gasteiger partial charge on any atom is -0.377 e. The molecule has 3 nitrogen and oxygen atoms in total. The molecule has 0 aliphatic heterocycles. The molecule has 0 heterocycles. The minimum atomic E-state index is -0.396. The Kier molecular flexibility index (Phi) is 4.79. The second-order valence-electron chi connectivity index (χ2n) is 5.11. The van der Waals surface area contributed by atoms with Crippen molar-refractivity contribution in [2.24, 2.45) is 5.84 Å². The fourth-order valence-corrected chi connectivity index (χ4v) is 3.19. The van der Waals surface area contributed by atoms with E-state index >= 15 is 0 Å². The summed E-state index contributed by atoms with van der Waals surface area (Å²) in [6.45, 7) is 0. The van der Waals surface area contributed by atoms with Crippen LogP contribution in [0.1, 0.15) is 31.2 Å². The fraction of sp³-hybridized carbons (Fsp3) is 0.571. The van der Waals surface area contributed by atoms with Crippen LogP contribution in [0.3, 0.4) is 0 Å². The van der Waals surface area contributed by atoms with Crippen LogP contribution in [0, 0.1) is 5.82 Å². The van der Waals surface area contributed by atoms with Crippen molar-refractivity contribution in [1.29, 1.82) is 0 Å². The Morgan fingerprint density at radius 1 is 1.47 bits per heavy atom. The average molecular weight is 287 g/mol. The van der Waals surface area contributed by atoms with E-state index in [0.29, 0.717) is 6.42 Å². The van der Waals surface area contributed by atoms with Crippen LogP contribution in [0.15, 0.2) is 18.2 Å². The van der Waals surface area contributed by atoms with Gasteiger partial charge in [-0.05, 0) is 30.9 Å². The predicted octanol–water partition coefficient (Wildman–Crippen LogP) is 2.81. The maximum atomic E-state index is 13.5. The zero-order chi connectivity index (χ0) is 13.9. The lowest BCUT2D eigenvalue weighted by molar-refractivity contribution is -0.0355. The van der Waals surface area contributed by atoms with Gasteiger partial charge in [-0.2, -0.15) is 0 Å². The lowest BCUT2D eigenvalue weighted by Crippen LogP contribution is -2.54. The molecule has 0 radical (unpaired) electrons. The zero-order valence-electron chi connectivity index (χ0n) is 11.1. The predicted molar refractivity (Wildman–Crippen MR) is 74.4 cm³/mol. The summed E-state index contributed by atoms with van der Waals surface area (Å²) in [5.41, 5.74) is 3.31. The van der Waals surface area contributed by atoms with Crippen molar-refractivity contribution < 1.29 is 9.13 Å². The number of nitrogens with one attached hydrogen (secondary N) is 1. The highest BCUT2D eigenvalue weighted by atomic mass is 35.5. The summed E-state index contributed by atoms with van der Waals surface area (Å²) in [5.74, 6) is 5.29. The van der Waals surface area contributed by atoms with Crippen molar-refractivity contribution in [1.82, 2.24) is 5.43 Å². The quantitative estimate of drug-likeness (QED) is 0.646. The molecule has 1 aromatic rings. The van der Waals surface area contributed by atoms with Gasteiger partial charge in [-0.15, -0.1) is 0 Å². The van der Waals surface area contributed by atoms with Crippen molar-refractivity contribution in [2.75, 3.05) is 7.11 Å². The SMILES string of the molecule is COC1(C(Cc2cccc(F)c2Cl)NN)CCCC1. The van der Waals surface area contributed by atoms with E-state index in [4.69, 9.17) is 22.2 Å². The molecule has 2 rings (SSSR count). The van der Waals surface area contributed by atoms with Gasteiger partial charge in [-0.1, -0.05) is 36.6 Å². The van der Waals surface area contributed by atoms with E-state index in [1.165, 1.54) is 6.07 Å². The molecule has 1 atom stereocenters. The molecule has 5 heteroatoms. The summed E-state index contributed by atoms with van der Waals surface area (Å²) >= 11 is 6.01. The molecule has 1 unspecified atom stereocenters. The van der Waals surface area contributed by atoms with Gasteiger partial charge in [0.2, 0.25) is 0 Å². The molecule has 106 valence electrons. The Morgan fingerprint density at radius 3 is 2.74 bits per heavy atom. The Bertz CT molecular complexity index is 435. The average Bonchev–Trinajstić information content (AvgIpc) is 2.90. The van der Waals surface area contributed by atoms with Crippen molar-refractivity contribution >= 4 is 11.6 Å². The van der Waals surface area contributed by atoms with Crippen molar-refractivity contribution in [3.8, 4) is 0 Å². The Morgan fingerprint density at radius 2 is 2.16 bits per heavy atom. The third-order valence-corrected chi connectivity index (χ3v) is 4.57. The Labute approximate surface area is 118 Å². The molecular formula is C14H20ClFN2O. The molecule has 0 spiro atoms. The van der Waals surface area contributed by atoms with Crippen LogP contribution in [0.5, 0.6) is 0 Å². The number of hydrazine groups is 1. The second kappa shape index (κ2) is 6.18. The zero-order valence-corrected chi connectivity index (χ0v) is 11.8. The number of hydrogen-bond donors (Lipinski definition) is 2. The first-order chi connectivity index (χ1) is 9.13. The maximum absolute atomic E-state index is 13.5. The lowest BCUT2D eigenvalue weighted by Gasteiger charge is -2.36. The number of nitrogens with two attached hydrogens (primary N) is 1. The van der Waals surface area contributed by atoms with Gasteiger partial charge in [0.15, 0.2) is 0 Å². The summed E-state index contributed by atoms with van der Waals surface area (Å²) in [7, 11) is 1.71. The lowest BCUT2D eigenvalue weighted by atomic mass is 9.87. The monoisotopic (exact) mass is 286 g/mol. The summed E-state index contributed by atoms with van der Waals surface area (Å²) in [4.78, 5) is 0. The smallest absolute Gasteiger partial charge is 0.142 e. The molecule has 0 saturated heterocycles. The third kappa shape index (κ3) is 2.92. The summed E-state index contributed by atoms with van der Waals surface area (Å²) in [6.07, 6.45) is 4.74. The molecule has 3 N–H and O–H groups in total. The number of halogens is 2. The summed E-state index contributed by atoms with van der Waals surface area (Å²) in [5, 5.41) is 0.173. The van der Waals surface area contributed by atoms with Gasteiger partial charge in [0, 0.05) is 7.11 Å². The van der Waals surface area contributed by atoms with Gasteiger partial charge in [0.05, 0.1) is 16.7 Å². The standard InChI is InChI=1S/C14H20ClFN2O/c1-19-14(7-2-3-8-14)12(18-17)9-10-5-4-6-11(16)13(10)15/h4-6,12,18H,2-3,7-9,17H2,1H3. The first kappa shape index (κ1) is 14.7. The van der Waals surface area contributed by atoms with Crippen LogP contribution in [-0.4, -0.2) is 18.8 Å². The maximum Gasteiger partial charge on any atom is 0.142 e. The highest BCUT2D eigenvalue weighted by Gasteiger charge is 2.41. The van der Waals surface area contributed by atoms with Crippen LogP contribution >= 0.6 is 11.6 Å². The number of ether oxygens (including phenoxy) is 1. The van der Waals surface area contributed by atoms with Crippen LogP contribution in [0.4, 0.5) is 4.39 Å². The minimum absolute atomic E-state index is 0.0701. The molecule has 1 aliphatic rings. The summed E-state index contributed by atoms with van der Waals surface area (Å²) in [6, 6.07) is 4.78. The van der Waals surface area contributed by atoms with Gasteiger partial charge >= 0.3 is 0 Å². The van der Waals surface area contributed by atoms with Gasteiger partial charge < -0.3 is 4.74 Å². The number of benzene rings is 1. The molecular weight excluding hydrogens is 267 g/mol. The van der Waals surface area contributed by atoms with E-state index in [1.807, 2.05) is 6.07 Å². The van der Waals surface area contributed by atoms with E-state index in [9.17, 15) is 4.39 Å². The van der Waals surface area contributed by atoms with Gasteiger partial charge in [0.1, 0.15) is 5.82 Å². The van der Waals surface area contributed by atoms with E-state index in [0.717, 1.165) is 31.2 Å². The van der Waals surface area contributed by atoms with Gasteiger partial charge in [0.25, 0.3) is 0 Å². The van der Waals surface area contributed by atoms with Crippen molar-refractivity contribution in [2.45, 2.75) is 43.7 Å². The van der Waals surface area contributed by atoms with E-state index in [2.05, 4.69) is 5.43 Å². The Balaban J connectivity index is 2.21. The first-order valence-corrected chi connectivity index (χ1v) is 6.95. The van der Waals surface area contributed by atoms with Crippen LogP contribution in [0.25, 0.3) is 0 Å². The van der Waals surface area contributed by atoms with E-state index in [-0.39, 0.29) is 16.7 Å². The second-order valence-corrected chi connectivity index (χ2v) is 5.49. The van der Waals surface area contributed by atoms with Crippen LogP contribution in [0.2, 0.25) is 5.02 Å². The number of rotatable bonds is 5. The van der Waals surface area contributed by atoms with E-state index in [1.54, 1.807) is 13.2 Å². The van der Waals surface area contributed by atoms with Crippen molar-refractivity contribution in [3.05, 3.63) is 34.6 Å². The molecule has 1 saturated carbocycles. The fourth-order valence-electron chi connectivity index (χ4n) is 2.99. The van der Waals surface area contributed by atoms with Gasteiger partial charge in [-0.3, -0.25) is 11.3 Å². The molecule has 1 aliphatic carbocycles. The third-order valence-electron chi connectivity index (χ3n) is 4.15. The van der Waals surface area contributed by atoms with Crippen LogP contribution < -0.4 is 11.3 Å².